The minimum Gasteiger partial charge on any atom is -0.493 e. The lowest BCUT2D eigenvalue weighted by atomic mass is 10.1. The summed E-state index contributed by atoms with van der Waals surface area (Å²) in [6, 6.07) is 11.5. The van der Waals surface area contributed by atoms with E-state index in [0.29, 0.717) is 34.6 Å². The Hall–Kier alpha value is -3.61. The molecule has 0 radical (unpaired) electrons. The number of ether oxygens (including phenoxy) is 2. The zero-order valence-electron chi connectivity index (χ0n) is 16.8. The van der Waals surface area contributed by atoms with Crippen LogP contribution < -0.4 is 19.9 Å². The summed E-state index contributed by atoms with van der Waals surface area (Å²) in [5.41, 5.74) is 3.32. The maximum Gasteiger partial charge on any atom is 0.258 e. The molecule has 29 heavy (non-hydrogen) atoms. The van der Waals surface area contributed by atoms with Gasteiger partial charge in [0.15, 0.2) is 11.5 Å². The zero-order valence-corrected chi connectivity index (χ0v) is 16.8. The lowest BCUT2D eigenvalue weighted by Gasteiger charge is -2.15. The van der Waals surface area contributed by atoms with Crippen LogP contribution in [-0.2, 0) is 6.42 Å². The lowest BCUT2D eigenvalue weighted by Crippen LogP contribution is -2.13. The Balaban J connectivity index is 1.75. The molecule has 0 fully saturated rings. The third kappa shape index (κ3) is 3.47. The van der Waals surface area contributed by atoms with Crippen molar-refractivity contribution < 1.29 is 9.47 Å². The molecule has 0 bridgehead atoms. The molecule has 2 aromatic carbocycles. The summed E-state index contributed by atoms with van der Waals surface area (Å²) in [7, 11) is 7.09. The molecule has 4 rings (SSSR count). The first-order chi connectivity index (χ1) is 14.0. The van der Waals surface area contributed by atoms with Crippen molar-refractivity contribution in [1.29, 1.82) is 0 Å². The van der Waals surface area contributed by atoms with Gasteiger partial charge in [-0.3, -0.25) is 9.78 Å². The first-order valence-corrected chi connectivity index (χ1v) is 9.20. The summed E-state index contributed by atoms with van der Waals surface area (Å²) in [5, 5.41) is 1.50. The van der Waals surface area contributed by atoms with E-state index in [1.165, 1.54) is 7.11 Å². The zero-order chi connectivity index (χ0) is 20.5. The smallest absolute Gasteiger partial charge is 0.258 e. The van der Waals surface area contributed by atoms with E-state index < -0.39 is 0 Å². The number of H-pyrrole nitrogens is 1. The van der Waals surface area contributed by atoms with Crippen LogP contribution in [0.25, 0.3) is 21.8 Å². The molecular formula is C22H22N4O3. The highest BCUT2D eigenvalue weighted by molar-refractivity contribution is 5.91. The fourth-order valence-corrected chi connectivity index (χ4v) is 3.44. The van der Waals surface area contributed by atoms with Crippen molar-refractivity contribution in [2.45, 2.75) is 6.42 Å². The second-order valence-corrected chi connectivity index (χ2v) is 7.00. The Morgan fingerprint density at radius 1 is 1.07 bits per heavy atom. The second kappa shape index (κ2) is 7.43. The van der Waals surface area contributed by atoms with Gasteiger partial charge in [0.1, 0.15) is 5.82 Å². The molecular weight excluding hydrogens is 368 g/mol. The summed E-state index contributed by atoms with van der Waals surface area (Å²) in [4.78, 5) is 26.7. The molecule has 1 N–H and O–H groups in total. The van der Waals surface area contributed by atoms with Crippen molar-refractivity contribution in [1.82, 2.24) is 15.0 Å². The fraction of sp³-hybridized carbons (Fsp3) is 0.227. The highest BCUT2D eigenvalue weighted by atomic mass is 16.5. The topological polar surface area (TPSA) is 80.3 Å². The maximum absolute atomic E-state index is 12.6. The molecule has 2 aromatic heterocycles. The van der Waals surface area contributed by atoms with E-state index in [-0.39, 0.29) is 5.56 Å². The number of hydrogen-bond donors (Lipinski definition) is 1. The largest absolute Gasteiger partial charge is 0.493 e. The average molecular weight is 390 g/mol. The van der Waals surface area contributed by atoms with Gasteiger partial charge in [-0.2, -0.15) is 0 Å². The minimum absolute atomic E-state index is 0.213. The first-order valence-electron chi connectivity index (χ1n) is 9.20. The van der Waals surface area contributed by atoms with Crippen molar-refractivity contribution in [2.75, 3.05) is 33.2 Å². The third-order valence-corrected chi connectivity index (χ3v) is 4.86. The van der Waals surface area contributed by atoms with Crippen molar-refractivity contribution in [2.24, 2.45) is 0 Å². The Bertz CT molecular complexity index is 1260. The van der Waals surface area contributed by atoms with E-state index in [1.807, 2.05) is 43.4 Å². The normalized spacial score (nSPS) is 11.0. The van der Waals surface area contributed by atoms with Crippen molar-refractivity contribution in [3.63, 3.8) is 0 Å². The standard InChI is InChI=1S/C22H22N4O3/c1-26(2)17-7-5-6-14-8-13(12-23-21(14)17)9-20-24-16-11-19(29-4)18(28-3)10-15(16)22(27)25-20/h5-8,10-12H,9H2,1-4H3,(H,24,25,27). The van der Waals surface area contributed by atoms with Crippen molar-refractivity contribution >= 4 is 27.5 Å². The van der Waals surface area contributed by atoms with Gasteiger partial charge >= 0.3 is 0 Å². The molecule has 0 unspecified atom stereocenters. The molecule has 0 amide bonds. The molecule has 0 aliphatic rings. The predicted molar refractivity (Wildman–Crippen MR) is 114 cm³/mol. The Morgan fingerprint density at radius 2 is 1.83 bits per heavy atom. The van der Waals surface area contributed by atoms with Crippen molar-refractivity contribution in [3.05, 3.63) is 64.3 Å². The van der Waals surface area contributed by atoms with Gasteiger partial charge in [-0.1, -0.05) is 12.1 Å². The van der Waals surface area contributed by atoms with Crippen LogP contribution in [0.3, 0.4) is 0 Å². The van der Waals surface area contributed by atoms with Gasteiger partial charge in [0.2, 0.25) is 0 Å². The lowest BCUT2D eigenvalue weighted by molar-refractivity contribution is 0.355. The number of hydrogen-bond acceptors (Lipinski definition) is 6. The molecule has 0 aliphatic heterocycles. The van der Waals surface area contributed by atoms with Crippen LogP contribution in [0.1, 0.15) is 11.4 Å². The van der Waals surface area contributed by atoms with E-state index >= 15 is 0 Å². The van der Waals surface area contributed by atoms with Gasteiger partial charge in [-0.25, -0.2) is 4.98 Å². The Kier molecular flexibility index (Phi) is 4.80. The van der Waals surface area contributed by atoms with E-state index in [1.54, 1.807) is 19.2 Å². The molecule has 4 aromatic rings. The molecule has 0 aliphatic carbocycles. The van der Waals surface area contributed by atoms with Crippen LogP contribution >= 0.6 is 0 Å². The number of nitrogens with one attached hydrogen (secondary N) is 1. The predicted octanol–water partition coefficient (Wildman–Crippen LogP) is 3.15. The van der Waals surface area contributed by atoms with E-state index in [9.17, 15) is 4.79 Å². The van der Waals surface area contributed by atoms with E-state index in [2.05, 4.69) is 21.0 Å². The van der Waals surface area contributed by atoms with Crippen LogP contribution in [0.4, 0.5) is 5.69 Å². The SMILES string of the molecule is COc1cc2nc(Cc3cnc4c(N(C)C)cccc4c3)[nH]c(=O)c2cc1OC. The number of para-hydroxylation sites is 1. The van der Waals surface area contributed by atoms with Gasteiger partial charge in [0.05, 0.1) is 36.3 Å². The van der Waals surface area contributed by atoms with Crippen LogP contribution in [0.5, 0.6) is 11.5 Å². The number of benzene rings is 2. The molecule has 7 heteroatoms. The number of anilines is 1. The summed E-state index contributed by atoms with van der Waals surface area (Å²) in [6.07, 6.45) is 2.29. The van der Waals surface area contributed by atoms with Gasteiger partial charge in [0.25, 0.3) is 5.56 Å². The number of rotatable bonds is 5. The van der Waals surface area contributed by atoms with Crippen LogP contribution in [0.2, 0.25) is 0 Å². The molecule has 0 saturated heterocycles. The quantitative estimate of drug-likeness (QED) is 0.564. The molecule has 0 saturated carbocycles. The second-order valence-electron chi connectivity index (χ2n) is 7.00. The van der Waals surface area contributed by atoms with E-state index in [4.69, 9.17) is 9.47 Å². The Labute approximate surface area is 167 Å². The molecule has 7 nitrogen and oxygen atoms in total. The van der Waals surface area contributed by atoms with Gasteiger partial charge in [0, 0.05) is 38.2 Å². The minimum atomic E-state index is -0.213. The van der Waals surface area contributed by atoms with Gasteiger partial charge in [-0.05, 0) is 23.8 Å². The van der Waals surface area contributed by atoms with Crippen LogP contribution in [-0.4, -0.2) is 43.3 Å². The summed E-state index contributed by atoms with van der Waals surface area (Å²) in [6.45, 7) is 0. The molecule has 0 atom stereocenters. The number of methoxy groups -OCH3 is 2. The fourth-order valence-electron chi connectivity index (χ4n) is 3.44. The van der Waals surface area contributed by atoms with E-state index in [0.717, 1.165) is 22.2 Å². The monoisotopic (exact) mass is 390 g/mol. The van der Waals surface area contributed by atoms with Gasteiger partial charge < -0.3 is 19.4 Å². The molecule has 2 heterocycles. The van der Waals surface area contributed by atoms with Crippen molar-refractivity contribution in [3.8, 4) is 11.5 Å². The molecule has 148 valence electrons. The number of aromatic amines is 1. The number of pyridine rings is 1. The van der Waals surface area contributed by atoms with Crippen LogP contribution in [0, 0.1) is 0 Å². The highest BCUT2D eigenvalue weighted by Gasteiger charge is 2.12. The summed E-state index contributed by atoms with van der Waals surface area (Å²) in [5.74, 6) is 1.60. The summed E-state index contributed by atoms with van der Waals surface area (Å²) < 4.78 is 10.6. The van der Waals surface area contributed by atoms with Gasteiger partial charge in [-0.15, -0.1) is 0 Å². The number of nitrogens with zero attached hydrogens (tertiary/aromatic N) is 3. The number of aromatic nitrogens is 3. The number of fused-ring (bicyclic) bond motifs is 2. The Morgan fingerprint density at radius 3 is 2.55 bits per heavy atom. The van der Waals surface area contributed by atoms with Crippen LogP contribution in [0.15, 0.2) is 47.4 Å². The third-order valence-electron chi connectivity index (χ3n) is 4.86. The average Bonchev–Trinajstić information content (AvgIpc) is 2.72. The first kappa shape index (κ1) is 18.7. The highest BCUT2D eigenvalue weighted by Crippen LogP contribution is 2.30. The maximum atomic E-state index is 12.6. The molecule has 0 spiro atoms. The summed E-state index contributed by atoms with van der Waals surface area (Å²) >= 11 is 0.